The SMILES string of the molecule is COC(=O)CNC(=O)C1CCCN1S(C)(=O)=O. The minimum absolute atomic E-state index is 0.247. The first-order valence-electron chi connectivity index (χ1n) is 5.17. The van der Waals surface area contributed by atoms with Crippen molar-refractivity contribution in [2.75, 3.05) is 26.5 Å². The number of nitrogens with one attached hydrogen (secondary N) is 1. The van der Waals surface area contributed by atoms with Gasteiger partial charge in [0, 0.05) is 6.54 Å². The van der Waals surface area contributed by atoms with Gasteiger partial charge in [-0.1, -0.05) is 0 Å². The fraction of sp³-hybridized carbons (Fsp3) is 0.778. The maximum absolute atomic E-state index is 11.7. The Hall–Kier alpha value is -1.15. The molecule has 1 fully saturated rings. The molecule has 17 heavy (non-hydrogen) atoms. The van der Waals surface area contributed by atoms with Crippen molar-refractivity contribution in [1.82, 2.24) is 9.62 Å². The minimum atomic E-state index is -3.38. The number of sulfonamides is 1. The van der Waals surface area contributed by atoms with E-state index in [1.54, 1.807) is 0 Å². The largest absolute Gasteiger partial charge is 0.468 e. The van der Waals surface area contributed by atoms with E-state index < -0.39 is 27.9 Å². The Kier molecular flexibility index (Phi) is 4.47. The fourth-order valence-corrected chi connectivity index (χ4v) is 2.87. The van der Waals surface area contributed by atoms with Gasteiger partial charge in [-0.25, -0.2) is 8.42 Å². The van der Waals surface area contributed by atoms with Crippen molar-refractivity contribution in [1.29, 1.82) is 0 Å². The molecule has 1 aliphatic heterocycles. The van der Waals surface area contributed by atoms with E-state index in [1.165, 1.54) is 7.11 Å². The van der Waals surface area contributed by atoms with Crippen LogP contribution in [0, 0.1) is 0 Å². The lowest BCUT2D eigenvalue weighted by Gasteiger charge is -2.20. The summed E-state index contributed by atoms with van der Waals surface area (Å²) in [4.78, 5) is 22.5. The lowest BCUT2D eigenvalue weighted by Crippen LogP contribution is -2.46. The van der Waals surface area contributed by atoms with Crippen molar-refractivity contribution < 1.29 is 22.7 Å². The molecule has 1 aliphatic rings. The number of hydrogen-bond acceptors (Lipinski definition) is 5. The topological polar surface area (TPSA) is 92.8 Å². The number of hydrogen-bond donors (Lipinski definition) is 1. The molecule has 1 rings (SSSR count). The molecule has 0 aliphatic carbocycles. The van der Waals surface area contributed by atoms with Gasteiger partial charge in [0.05, 0.1) is 13.4 Å². The zero-order valence-corrected chi connectivity index (χ0v) is 10.6. The van der Waals surface area contributed by atoms with Gasteiger partial charge in [0.2, 0.25) is 15.9 Å². The highest BCUT2D eigenvalue weighted by Crippen LogP contribution is 2.20. The number of ether oxygens (including phenoxy) is 1. The first-order chi connectivity index (χ1) is 7.86. The Morgan fingerprint density at radius 3 is 2.65 bits per heavy atom. The highest BCUT2D eigenvalue weighted by atomic mass is 32.2. The minimum Gasteiger partial charge on any atom is -0.468 e. The molecular weight excluding hydrogens is 248 g/mol. The van der Waals surface area contributed by atoms with Crippen LogP contribution in [0.25, 0.3) is 0 Å². The molecule has 0 aromatic heterocycles. The summed E-state index contributed by atoms with van der Waals surface area (Å²) in [6.07, 6.45) is 2.18. The zero-order valence-electron chi connectivity index (χ0n) is 9.80. The Balaban J connectivity index is 2.60. The Bertz CT molecular complexity index is 406. The van der Waals surface area contributed by atoms with Crippen molar-refractivity contribution in [3.05, 3.63) is 0 Å². The summed E-state index contributed by atoms with van der Waals surface area (Å²) in [5.41, 5.74) is 0. The summed E-state index contributed by atoms with van der Waals surface area (Å²) >= 11 is 0. The number of carbonyl (C=O) groups is 2. The van der Waals surface area contributed by atoms with Gasteiger partial charge in [0.15, 0.2) is 0 Å². The van der Waals surface area contributed by atoms with E-state index in [2.05, 4.69) is 10.1 Å². The molecule has 1 heterocycles. The predicted molar refractivity (Wildman–Crippen MR) is 59.6 cm³/mol. The van der Waals surface area contributed by atoms with E-state index in [1.807, 2.05) is 0 Å². The molecule has 1 atom stereocenters. The second-order valence-corrected chi connectivity index (χ2v) is 5.76. The molecule has 0 aromatic rings. The molecule has 0 saturated carbocycles. The van der Waals surface area contributed by atoms with Crippen LogP contribution < -0.4 is 5.32 Å². The van der Waals surface area contributed by atoms with Crippen LogP contribution in [-0.2, 0) is 24.3 Å². The summed E-state index contributed by atoms with van der Waals surface area (Å²) in [5.74, 6) is -1.03. The molecule has 0 radical (unpaired) electrons. The van der Waals surface area contributed by atoms with Gasteiger partial charge in [-0.3, -0.25) is 9.59 Å². The Morgan fingerprint density at radius 2 is 2.12 bits per heavy atom. The summed E-state index contributed by atoms with van der Waals surface area (Å²) in [5, 5.41) is 2.36. The molecule has 8 heteroatoms. The van der Waals surface area contributed by atoms with Crippen molar-refractivity contribution >= 4 is 21.9 Å². The van der Waals surface area contributed by atoms with Crippen LogP contribution in [0.4, 0.5) is 0 Å². The van der Waals surface area contributed by atoms with Crippen LogP contribution in [0.2, 0.25) is 0 Å². The molecule has 1 amide bonds. The van der Waals surface area contributed by atoms with E-state index in [-0.39, 0.29) is 6.54 Å². The molecule has 0 bridgehead atoms. The zero-order chi connectivity index (χ0) is 13.1. The molecule has 98 valence electrons. The monoisotopic (exact) mass is 264 g/mol. The van der Waals surface area contributed by atoms with Crippen molar-refractivity contribution in [2.24, 2.45) is 0 Å². The average molecular weight is 264 g/mol. The Labute approximate surface area is 100 Å². The van der Waals surface area contributed by atoms with E-state index in [9.17, 15) is 18.0 Å². The second-order valence-electron chi connectivity index (χ2n) is 3.83. The van der Waals surface area contributed by atoms with E-state index in [0.29, 0.717) is 19.4 Å². The van der Waals surface area contributed by atoms with E-state index >= 15 is 0 Å². The van der Waals surface area contributed by atoms with Crippen LogP contribution in [0.3, 0.4) is 0 Å². The summed E-state index contributed by atoms with van der Waals surface area (Å²) < 4.78 is 28.3. The number of rotatable bonds is 4. The molecule has 1 N–H and O–H groups in total. The molecule has 1 saturated heterocycles. The summed E-state index contributed by atoms with van der Waals surface area (Å²) in [6.45, 7) is 0.0958. The third-order valence-corrected chi connectivity index (χ3v) is 3.86. The predicted octanol–water partition coefficient (Wildman–Crippen LogP) is -1.30. The van der Waals surface area contributed by atoms with Crippen LogP contribution in [-0.4, -0.2) is 57.1 Å². The lowest BCUT2D eigenvalue weighted by atomic mass is 10.2. The first-order valence-corrected chi connectivity index (χ1v) is 7.02. The summed E-state index contributed by atoms with van der Waals surface area (Å²) in [7, 11) is -2.17. The maximum Gasteiger partial charge on any atom is 0.325 e. The highest BCUT2D eigenvalue weighted by molar-refractivity contribution is 7.88. The summed E-state index contributed by atoms with van der Waals surface area (Å²) in [6, 6.07) is -0.713. The van der Waals surface area contributed by atoms with Crippen LogP contribution >= 0.6 is 0 Å². The molecule has 1 unspecified atom stereocenters. The van der Waals surface area contributed by atoms with E-state index in [4.69, 9.17) is 0 Å². The molecule has 0 spiro atoms. The van der Waals surface area contributed by atoms with Gasteiger partial charge >= 0.3 is 5.97 Å². The average Bonchev–Trinajstić information content (AvgIpc) is 2.73. The first kappa shape index (κ1) is 13.9. The quantitative estimate of drug-likeness (QED) is 0.637. The smallest absolute Gasteiger partial charge is 0.325 e. The molecule has 0 aromatic carbocycles. The van der Waals surface area contributed by atoms with Crippen molar-refractivity contribution in [2.45, 2.75) is 18.9 Å². The maximum atomic E-state index is 11.7. The number of esters is 1. The van der Waals surface area contributed by atoms with Gasteiger partial charge in [0.25, 0.3) is 0 Å². The third kappa shape index (κ3) is 3.67. The highest BCUT2D eigenvalue weighted by Gasteiger charge is 2.36. The van der Waals surface area contributed by atoms with Gasteiger partial charge in [-0.15, -0.1) is 0 Å². The number of carbonyl (C=O) groups excluding carboxylic acids is 2. The lowest BCUT2D eigenvalue weighted by molar-refractivity contribution is -0.141. The van der Waals surface area contributed by atoms with E-state index in [0.717, 1.165) is 10.6 Å². The third-order valence-electron chi connectivity index (χ3n) is 2.57. The van der Waals surface area contributed by atoms with Gasteiger partial charge in [-0.2, -0.15) is 4.31 Å². The van der Waals surface area contributed by atoms with Crippen molar-refractivity contribution in [3.8, 4) is 0 Å². The molecule has 7 nitrogen and oxygen atoms in total. The van der Waals surface area contributed by atoms with Crippen LogP contribution in [0.5, 0.6) is 0 Å². The Morgan fingerprint density at radius 1 is 1.47 bits per heavy atom. The van der Waals surface area contributed by atoms with Gasteiger partial charge < -0.3 is 10.1 Å². The van der Waals surface area contributed by atoms with Crippen molar-refractivity contribution in [3.63, 3.8) is 0 Å². The standard InChI is InChI=1S/C9H16N2O5S/c1-16-8(12)6-10-9(13)7-4-3-5-11(7)17(2,14)15/h7H,3-6H2,1-2H3,(H,10,13). The van der Waals surface area contributed by atoms with Gasteiger partial charge in [0.1, 0.15) is 12.6 Å². The number of nitrogens with zero attached hydrogens (tertiary/aromatic N) is 1. The van der Waals surface area contributed by atoms with Gasteiger partial charge in [-0.05, 0) is 12.8 Å². The number of methoxy groups -OCH3 is 1. The number of amides is 1. The normalized spacial score (nSPS) is 21.2. The fourth-order valence-electron chi connectivity index (χ4n) is 1.75. The van der Waals surface area contributed by atoms with Crippen LogP contribution in [0.15, 0.2) is 0 Å². The molecular formula is C9H16N2O5S. The second kappa shape index (κ2) is 5.46. The van der Waals surface area contributed by atoms with Crippen LogP contribution in [0.1, 0.15) is 12.8 Å².